The zero-order chi connectivity index (χ0) is 16.4. The Balaban J connectivity index is 2.37. The molecule has 0 aliphatic heterocycles. The SMILES string of the molecule is COCc1nn2c(N)c(C#N)cnc2c1-c1ccccc1OC. The number of nitrogens with zero attached hydrogens (tertiary/aromatic N) is 4. The average molecular weight is 309 g/mol. The van der Waals surface area contributed by atoms with Crippen molar-refractivity contribution < 1.29 is 9.47 Å². The van der Waals surface area contributed by atoms with E-state index in [1.807, 2.05) is 30.3 Å². The van der Waals surface area contributed by atoms with Crippen molar-refractivity contribution in [2.45, 2.75) is 6.61 Å². The molecule has 2 heterocycles. The molecule has 0 unspecified atom stereocenters. The Kier molecular flexibility index (Phi) is 3.83. The van der Waals surface area contributed by atoms with E-state index in [4.69, 9.17) is 20.5 Å². The van der Waals surface area contributed by atoms with E-state index in [-0.39, 0.29) is 18.0 Å². The summed E-state index contributed by atoms with van der Waals surface area (Å²) in [5, 5.41) is 13.6. The first-order chi connectivity index (χ1) is 11.2. The number of methoxy groups -OCH3 is 2. The molecule has 0 saturated carbocycles. The van der Waals surface area contributed by atoms with E-state index in [0.717, 1.165) is 11.1 Å². The van der Waals surface area contributed by atoms with E-state index in [9.17, 15) is 0 Å². The number of hydrogen-bond donors (Lipinski definition) is 1. The van der Waals surface area contributed by atoms with Crippen LogP contribution in [0.1, 0.15) is 11.3 Å². The number of nitrogen functional groups attached to an aromatic ring is 1. The molecule has 0 aliphatic rings. The molecule has 0 radical (unpaired) electrons. The molecule has 3 aromatic rings. The number of rotatable bonds is 4. The molecular weight excluding hydrogens is 294 g/mol. The summed E-state index contributed by atoms with van der Waals surface area (Å²) in [5.74, 6) is 0.945. The fraction of sp³-hybridized carbons (Fsp3) is 0.188. The summed E-state index contributed by atoms with van der Waals surface area (Å²) in [6, 6.07) is 9.59. The highest BCUT2D eigenvalue weighted by Gasteiger charge is 2.21. The largest absolute Gasteiger partial charge is 0.496 e. The van der Waals surface area contributed by atoms with Crippen LogP contribution >= 0.6 is 0 Å². The Morgan fingerprint density at radius 1 is 1.30 bits per heavy atom. The van der Waals surface area contributed by atoms with E-state index < -0.39 is 0 Å². The van der Waals surface area contributed by atoms with Crippen molar-refractivity contribution in [2.75, 3.05) is 20.0 Å². The van der Waals surface area contributed by atoms with E-state index >= 15 is 0 Å². The molecule has 0 amide bonds. The highest BCUT2D eigenvalue weighted by Crippen LogP contribution is 2.35. The summed E-state index contributed by atoms with van der Waals surface area (Å²) in [5.41, 5.74) is 9.14. The lowest BCUT2D eigenvalue weighted by atomic mass is 10.0. The van der Waals surface area contributed by atoms with Crippen molar-refractivity contribution in [1.29, 1.82) is 5.26 Å². The van der Waals surface area contributed by atoms with Gasteiger partial charge in [0.05, 0.1) is 31.2 Å². The fourth-order valence-electron chi connectivity index (χ4n) is 2.50. The lowest BCUT2D eigenvalue weighted by molar-refractivity contribution is 0.181. The predicted octanol–water partition coefficient (Wildman–Crippen LogP) is 2.01. The van der Waals surface area contributed by atoms with Gasteiger partial charge in [-0.25, -0.2) is 4.98 Å². The van der Waals surface area contributed by atoms with Crippen molar-refractivity contribution in [3.8, 4) is 22.9 Å². The smallest absolute Gasteiger partial charge is 0.165 e. The minimum Gasteiger partial charge on any atom is -0.496 e. The lowest BCUT2D eigenvalue weighted by Crippen LogP contribution is -2.03. The van der Waals surface area contributed by atoms with Crippen molar-refractivity contribution in [3.05, 3.63) is 41.7 Å². The average Bonchev–Trinajstić information content (AvgIpc) is 2.94. The van der Waals surface area contributed by atoms with Crippen LogP contribution in [-0.4, -0.2) is 28.8 Å². The van der Waals surface area contributed by atoms with Crippen LogP contribution in [0.15, 0.2) is 30.5 Å². The topological polar surface area (TPSA) is 98.5 Å². The van der Waals surface area contributed by atoms with Gasteiger partial charge >= 0.3 is 0 Å². The molecule has 0 atom stereocenters. The second-order valence-electron chi connectivity index (χ2n) is 4.86. The van der Waals surface area contributed by atoms with Crippen LogP contribution in [-0.2, 0) is 11.3 Å². The van der Waals surface area contributed by atoms with E-state index in [0.29, 0.717) is 17.1 Å². The molecule has 0 aliphatic carbocycles. The molecule has 23 heavy (non-hydrogen) atoms. The Morgan fingerprint density at radius 3 is 2.78 bits per heavy atom. The third kappa shape index (κ3) is 2.35. The zero-order valence-electron chi connectivity index (χ0n) is 12.8. The Bertz CT molecular complexity index is 911. The lowest BCUT2D eigenvalue weighted by Gasteiger charge is -2.08. The van der Waals surface area contributed by atoms with Crippen LogP contribution in [0.4, 0.5) is 5.82 Å². The third-order valence-electron chi connectivity index (χ3n) is 3.53. The highest BCUT2D eigenvalue weighted by molar-refractivity contribution is 5.84. The first-order valence-corrected chi connectivity index (χ1v) is 6.89. The molecule has 7 heteroatoms. The van der Waals surface area contributed by atoms with E-state index in [1.165, 1.54) is 10.7 Å². The van der Waals surface area contributed by atoms with Gasteiger partial charge in [0, 0.05) is 12.7 Å². The maximum absolute atomic E-state index is 9.10. The van der Waals surface area contributed by atoms with E-state index in [1.54, 1.807) is 14.2 Å². The first-order valence-electron chi connectivity index (χ1n) is 6.89. The minimum atomic E-state index is 0.246. The molecule has 0 saturated heterocycles. The minimum absolute atomic E-state index is 0.246. The summed E-state index contributed by atoms with van der Waals surface area (Å²) >= 11 is 0. The van der Waals surface area contributed by atoms with Gasteiger partial charge in [0.2, 0.25) is 0 Å². The van der Waals surface area contributed by atoms with Gasteiger partial charge in [-0.2, -0.15) is 14.9 Å². The normalized spacial score (nSPS) is 10.7. The van der Waals surface area contributed by atoms with Crippen LogP contribution in [0.5, 0.6) is 5.75 Å². The van der Waals surface area contributed by atoms with Crippen molar-refractivity contribution in [3.63, 3.8) is 0 Å². The molecule has 0 spiro atoms. The van der Waals surface area contributed by atoms with Gasteiger partial charge in [-0.3, -0.25) is 0 Å². The van der Waals surface area contributed by atoms with Gasteiger partial charge in [-0.05, 0) is 6.07 Å². The van der Waals surface area contributed by atoms with E-state index in [2.05, 4.69) is 10.1 Å². The molecule has 116 valence electrons. The fourth-order valence-corrected chi connectivity index (χ4v) is 2.50. The molecule has 7 nitrogen and oxygen atoms in total. The van der Waals surface area contributed by atoms with Crippen molar-refractivity contribution in [2.24, 2.45) is 0 Å². The Labute approximate surface area is 132 Å². The number of nitrogens with two attached hydrogens (primary N) is 1. The zero-order valence-corrected chi connectivity index (χ0v) is 12.8. The number of hydrogen-bond acceptors (Lipinski definition) is 6. The van der Waals surface area contributed by atoms with Crippen LogP contribution in [0.3, 0.4) is 0 Å². The molecule has 0 bridgehead atoms. The third-order valence-corrected chi connectivity index (χ3v) is 3.53. The molecule has 3 rings (SSSR count). The number of anilines is 1. The Hall–Kier alpha value is -3.11. The summed E-state index contributed by atoms with van der Waals surface area (Å²) < 4.78 is 12.1. The Morgan fingerprint density at radius 2 is 2.09 bits per heavy atom. The first kappa shape index (κ1) is 14.8. The number of fused-ring (bicyclic) bond motifs is 1. The highest BCUT2D eigenvalue weighted by atomic mass is 16.5. The van der Waals surface area contributed by atoms with Crippen molar-refractivity contribution >= 4 is 11.5 Å². The number of ether oxygens (including phenoxy) is 2. The second-order valence-corrected chi connectivity index (χ2v) is 4.86. The van der Waals surface area contributed by atoms with Crippen LogP contribution < -0.4 is 10.5 Å². The van der Waals surface area contributed by atoms with Crippen LogP contribution in [0, 0.1) is 11.3 Å². The van der Waals surface area contributed by atoms with Gasteiger partial charge in [0.25, 0.3) is 0 Å². The molecule has 1 aromatic carbocycles. The van der Waals surface area contributed by atoms with Gasteiger partial charge in [0.15, 0.2) is 5.65 Å². The van der Waals surface area contributed by atoms with Crippen molar-refractivity contribution in [1.82, 2.24) is 14.6 Å². The quantitative estimate of drug-likeness (QED) is 0.791. The molecular formula is C16H15N5O2. The number of para-hydroxylation sites is 1. The molecule has 2 N–H and O–H groups in total. The maximum Gasteiger partial charge on any atom is 0.165 e. The van der Waals surface area contributed by atoms with Gasteiger partial charge in [-0.1, -0.05) is 18.2 Å². The predicted molar refractivity (Wildman–Crippen MR) is 84.8 cm³/mol. The monoisotopic (exact) mass is 309 g/mol. The summed E-state index contributed by atoms with van der Waals surface area (Å²) in [4.78, 5) is 4.35. The summed E-state index contributed by atoms with van der Waals surface area (Å²) in [6.07, 6.45) is 1.45. The maximum atomic E-state index is 9.10. The second kappa shape index (κ2) is 5.94. The van der Waals surface area contributed by atoms with Crippen LogP contribution in [0.2, 0.25) is 0 Å². The number of aromatic nitrogens is 3. The van der Waals surface area contributed by atoms with Gasteiger partial charge in [-0.15, -0.1) is 0 Å². The standard InChI is InChI=1S/C16H15N5O2/c1-22-9-12-14(11-5-3-4-6-13(11)23-2)16-19-8-10(7-17)15(18)21(16)20-12/h3-6,8H,9,18H2,1-2H3. The molecule has 0 fully saturated rings. The number of benzene rings is 1. The van der Waals surface area contributed by atoms with Gasteiger partial charge in [0.1, 0.15) is 23.2 Å². The summed E-state index contributed by atoms with van der Waals surface area (Å²) in [7, 11) is 3.20. The van der Waals surface area contributed by atoms with Crippen LogP contribution in [0.25, 0.3) is 16.8 Å². The van der Waals surface area contributed by atoms with Gasteiger partial charge < -0.3 is 15.2 Å². The number of nitriles is 1. The summed E-state index contributed by atoms with van der Waals surface area (Å²) in [6.45, 7) is 0.290. The molecule has 2 aromatic heterocycles.